The molecular weight excluding hydrogens is 328 g/mol. The molecule has 24 heavy (non-hydrogen) atoms. The summed E-state index contributed by atoms with van der Waals surface area (Å²) in [6, 6.07) is 11.1. The molecule has 0 amide bonds. The number of ether oxygens (including phenoxy) is 1. The summed E-state index contributed by atoms with van der Waals surface area (Å²) in [5.41, 5.74) is 1.15. The minimum Gasteiger partial charge on any atom is -0.494 e. The first kappa shape index (κ1) is 18.5. The van der Waals surface area contributed by atoms with Gasteiger partial charge in [0.05, 0.1) is 13.2 Å². The molecule has 0 radical (unpaired) electrons. The Morgan fingerprint density at radius 3 is 2.25 bits per heavy atom. The van der Waals surface area contributed by atoms with Crippen molar-refractivity contribution in [1.29, 1.82) is 0 Å². The van der Waals surface area contributed by atoms with Crippen molar-refractivity contribution < 1.29 is 17.6 Å². The van der Waals surface area contributed by atoms with Gasteiger partial charge in [-0.1, -0.05) is 12.1 Å². The van der Waals surface area contributed by atoms with Gasteiger partial charge in [0.2, 0.25) is 5.09 Å². The van der Waals surface area contributed by atoms with Gasteiger partial charge in [0.15, 0.2) is 0 Å². The van der Waals surface area contributed by atoms with Crippen LogP contribution in [0.3, 0.4) is 0 Å². The molecule has 2 rings (SSSR count). The zero-order chi connectivity index (χ0) is 17.7. The van der Waals surface area contributed by atoms with Gasteiger partial charge in [-0.25, -0.2) is 12.7 Å². The molecular formula is C17H24N2O4S. The predicted octanol–water partition coefficient (Wildman–Crippen LogP) is 2.56. The Labute approximate surface area is 143 Å². The van der Waals surface area contributed by atoms with Crippen molar-refractivity contribution in [3.05, 3.63) is 47.7 Å². The van der Waals surface area contributed by atoms with Crippen LogP contribution in [0, 0.1) is 0 Å². The van der Waals surface area contributed by atoms with Crippen LogP contribution < -0.4 is 4.74 Å². The van der Waals surface area contributed by atoms with Crippen LogP contribution >= 0.6 is 0 Å². The van der Waals surface area contributed by atoms with Crippen LogP contribution in [0.2, 0.25) is 0 Å². The van der Waals surface area contributed by atoms with E-state index in [4.69, 9.17) is 9.15 Å². The van der Waals surface area contributed by atoms with Gasteiger partial charge in [-0.05, 0) is 43.8 Å². The average molecular weight is 352 g/mol. The van der Waals surface area contributed by atoms with E-state index in [9.17, 15) is 8.42 Å². The smallest absolute Gasteiger partial charge is 0.275 e. The van der Waals surface area contributed by atoms with Gasteiger partial charge in [-0.15, -0.1) is 0 Å². The molecule has 2 aromatic rings. The molecule has 0 saturated heterocycles. The fourth-order valence-electron chi connectivity index (χ4n) is 2.25. The Hall–Kier alpha value is -1.83. The molecule has 1 aromatic heterocycles. The Morgan fingerprint density at radius 2 is 1.67 bits per heavy atom. The van der Waals surface area contributed by atoms with Gasteiger partial charge in [0.1, 0.15) is 11.5 Å². The second kappa shape index (κ2) is 7.83. The first-order chi connectivity index (χ1) is 11.3. The minimum absolute atomic E-state index is 0.0306. The van der Waals surface area contributed by atoms with E-state index in [0.717, 1.165) is 22.2 Å². The molecule has 7 heteroatoms. The summed E-state index contributed by atoms with van der Waals surface area (Å²) in [7, 11) is 1.39. The number of rotatable bonds is 8. The molecule has 0 bridgehead atoms. The second-order valence-corrected chi connectivity index (χ2v) is 7.84. The molecule has 0 saturated carbocycles. The molecule has 6 nitrogen and oxygen atoms in total. The zero-order valence-corrected chi connectivity index (χ0v) is 15.3. The Morgan fingerprint density at radius 1 is 1.00 bits per heavy atom. The Balaban J connectivity index is 1.97. The lowest BCUT2D eigenvalue weighted by Crippen LogP contribution is -2.21. The van der Waals surface area contributed by atoms with Gasteiger partial charge < -0.3 is 9.15 Å². The van der Waals surface area contributed by atoms with E-state index >= 15 is 0 Å². The number of furan rings is 1. The zero-order valence-electron chi connectivity index (χ0n) is 14.5. The Kier molecular flexibility index (Phi) is 6.04. The highest BCUT2D eigenvalue weighted by molar-refractivity contribution is 7.88. The summed E-state index contributed by atoms with van der Waals surface area (Å²) in [5, 5.41) is -0.0306. The number of hydrogen-bond donors (Lipinski definition) is 0. The summed E-state index contributed by atoms with van der Waals surface area (Å²) < 4.78 is 36.1. The fourth-order valence-corrected chi connectivity index (χ4v) is 3.07. The van der Waals surface area contributed by atoms with Crippen LogP contribution in [-0.4, -0.2) is 45.4 Å². The lowest BCUT2D eigenvalue weighted by atomic mass is 10.2. The number of sulfonamides is 1. The average Bonchev–Trinajstić information content (AvgIpc) is 2.98. The van der Waals surface area contributed by atoms with Gasteiger partial charge >= 0.3 is 0 Å². The lowest BCUT2D eigenvalue weighted by Gasteiger charge is -2.15. The van der Waals surface area contributed by atoms with E-state index in [1.807, 2.05) is 38.2 Å². The van der Waals surface area contributed by atoms with E-state index in [-0.39, 0.29) is 5.09 Å². The third kappa shape index (κ3) is 4.59. The maximum Gasteiger partial charge on any atom is 0.275 e. The van der Waals surface area contributed by atoms with Crippen LogP contribution in [0.1, 0.15) is 18.2 Å². The summed E-state index contributed by atoms with van der Waals surface area (Å²) in [5.74, 6) is 1.47. The van der Waals surface area contributed by atoms with Crippen molar-refractivity contribution in [1.82, 2.24) is 9.21 Å². The summed E-state index contributed by atoms with van der Waals surface area (Å²) in [4.78, 5) is 2.06. The second-order valence-electron chi connectivity index (χ2n) is 5.76. The van der Waals surface area contributed by atoms with Crippen LogP contribution in [0.5, 0.6) is 5.75 Å². The highest BCUT2D eigenvalue weighted by atomic mass is 32.2. The van der Waals surface area contributed by atoms with Crippen molar-refractivity contribution in [2.24, 2.45) is 0 Å². The summed E-state index contributed by atoms with van der Waals surface area (Å²) in [6.45, 7) is 3.85. The number of nitrogens with zero attached hydrogens (tertiary/aromatic N) is 2. The molecule has 0 aliphatic rings. The molecule has 0 fully saturated rings. The van der Waals surface area contributed by atoms with Gasteiger partial charge in [0.25, 0.3) is 10.0 Å². The van der Waals surface area contributed by atoms with Crippen molar-refractivity contribution in [2.75, 3.05) is 27.7 Å². The molecule has 0 spiro atoms. The molecule has 1 aromatic carbocycles. The molecule has 1 heterocycles. The quantitative estimate of drug-likeness (QED) is 0.731. The molecule has 132 valence electrons. The predicted molar refractivity (Wildman–Crippen MR) is 92.4 cm³/mol. The number of benzene rings is 1. The monoisotopic (exact) mass is 352 g/mol. The van der Waals surface area contributed by atoms with Crippen LogP contribution in [0.4, 0.5) is 0 Å². The molecule has 0 aliphatic carbocycles. The van der Waals surface area contributed by atoms with Crippen LogP contribution in [0.25, 0.3) is 0 Å². The standard InChI is InChI=1S/C17H24N2O4S/c1-5-22-15-8-6-14(7-9-15)12-19(4)13-16-10-11-17(23-16)24(20,21)18(2)3/h6-11H,5,12-13H2,1-4H3. The van der Waals surface area contributed by atoms with E-state index in [1.165, 1.54) is 20.2 Å². The fraction of sp³-hybridized carbons (Fsp3) is 0.412. The van der Waals surface area contributed by atoms with Crippen molar-refractivity contribution in [2.45, 2.75) is 25.1 Å². The van der Waals surface area contributed by atoms with E-state index < -0.39 is 10.0 Å². The van der Waals surface area contributed by atoms with Gasteiger partial charge in [-0.3, -0.25) is 4.90 Å². The SMILES string of the molecule is CCOc1ccc(CN(C)Cc2ccc(S(=O)(=O)N(C)C)o2)cc1. The lowest BCUT2D eigenvalue weighted by molar-refractivity contribution is 0.274. The van der Waals surface area contributed by atoms with Gasteiger partial charge in [-0.2, -0.15) is 0 Å². The van der Waals surface area contributed by atoms with Gasteiger partial charge in [0, 0.05) is 20.6 Å². The maximum absolute atomic E-state index is 12.0. The highest BCUT2D eigenvalue weighted by Gasteiger charge is 2.21. The van der Waals surface area contributed by atoms with Crippen LogP contribution in [-0.2, 0) is 23.1 Å². The molecule has 0 atom stereocenters. The van der Waals surface area contributed by atoms with Crippen molar-refractivity contribution in [3.8, 4) is 5.75 Å². The van der Waals surface area contributed by atoms with E-state index in [1.54, 1.807) is 6.07 Å². The third-order valence-corrected chi connectivity index (χ3v) is 5.17. The third-order valence-electron chi connectivity index (χ3n) is 3.48. The van der Waals surface area contributed by atoms with E-state index in [0.29, 0.717) is 18.9 Å². The minimum atomic E-state index is -3.53. The van der Waals surface area contributed by atoms with E-state index in [2.05, 4.69) is 4.90 Å². The summed E-state index contributed by atoms with van der Waals surface area (Å²) >= 11 is 0. The van der Waals surface area contributed by atoms with Crippen LogP contribution in [0.15, 0.2) is 45.9 Å². The topological polar surface area (TPSA) is 63.0 Å². The molecule has 0 aliphatic heterocycles. The molecule has 0 unspecified atom stereocenters. The van der Waals surface area contributed by atoms with Crippen molar-refractivity contribution >= 4 is 10.0 Å². The first-order valence-electron chi connectivity index (χ1n) is 7.74. The maximum atomic E-state index is 12.0. The van der Waals surface area contributed by atoms with Crippen molar-refractivity contribution in [3.63, 3.8) is 0 Å². The molecule has 0 N–H and O–H groups in total. The normalized spacial score (nSPS) is 12.1. The Bertz CT molecular complexity index is 751. The highest BCUT2D eigenvalue weighted by Crippen LogP contribution is 2.19. The summed E-state index contributed by atoms with van der Waals surface area (Å²) in [6.07, 6.45) is 0. The number of hydrogen-bond acceptors (Lipinski definition) is 5. The largest absolute Gasteiger partial charge is 0.494 e. The first-order valence-corrected chi connectivity index (χ1v) is 9.18.